The Kier molecular flexibility index (Phi) is 4.71. The molecule has 1 N–H and O–H groups in total. The van der Waals surface area contributed by atoms with Gasteiger partial charge in [0.05, 0.1) is 11.6 Å². The highest BCUT2D eigenvalue weighted by atomic mass is 35.5. The highest BCUT2D eigenvalue weighted by molar-refractivity contribution is 6.30. The van der Waals surface area contributed by atoms with Crippen LogP contribution in [0.5, 0.6) is 0 Å². The molecule has 1 rings (SSSR count). The molecule has 0 unspecified atom stereocenters. The second kappa shape index (κ2) is 5.82. The zero-order valence-electron chi connectivity index (χ0n) is 9.26. The van der Waals surface area contributed by atoms with Crippen LogP contribution in [0.3, 0.4) is 0 Å². The van der Waals surface area contributed by atoms with Gasteiger partial charge < -0.3 is 10.2 Å². The van der Waals surface area contributed by atoms with Crippen LogP contribution in [0.25, 0.3) is 0 Å². The van der Waals surface area contributed by atoms with Gasteiger partial charge in [0.1, 0.15) is 5.82 Å². The van der Waals surface area contributed by atoms with E-state index in [1.807, 2.05) is 0 Å². The van der Waals surface area contributed by atoms with Crippen LogP contribution in [0.2, 0.25) is 5.02 Å². The minimum atomic E-state index is -0.445. The number of hydrogen-bond donors (Lipinski definition) is 1. The fourth-order valence-electron chi connectivity index (χ4n) is 1.12. The molecule has 1 amide bonds. The van der Waals surface area contributed by atoms with Crippen LogP contribution in [0.4, 0.5) is 4.39 Å². The molecule has 0 aromatic heterocycles. The van der Waals surface area contributed by atoms with E-state index in [9.17, 15) is 9.18 Å². The van der Waals surface area contributed by atoms with Crippen molar-refractivity contribution in [2.45, 2.75) is 6.54 Å². The maximum absolute atomic E-state index is 13.1. The first-order valence-corrected chi connectivity index (χ1v) is 5.23. The molecule has 0 saturated carbocycles. The van der Waals surface area contributed by atoms with Crippen LogP contribution in [-0.4, -0.2) is 31.4 Å². The predicted molar refractivity (Wildman–Crippen MR) is 61.8 cm³/mol. The minimum absolute atomic E-state index is 0.0190. The molecule has 0 bridgehead atoms. The van der Waals surface area contributed by atoms with Crippen molar-refractivity contribution >= 4 is 17.5 Å². The first kappa shape index (κ1) is 12.9. The predicted octanol–water partition coefficient (Wildman–Crippen LogP) is 1.66. The maximum atomic E-state index is 13.1. The van der Waals surface area contributed by atoms with Crippen molar-refractivity contribution in [2.24, 2.45) is 0 Å². The Bertz CT molecular complexity index is 382. The lowest BCUT2D eigenvalue weighted by Gasteiger charge is -2.11. The standard InChI is InChI=1S/C11H14ClFN2O/c1-15(2)11(16)7-14-6-8-3-4-9(12)10(13)5-8/h3-5,14H,6-7H2,1-2H3. The number of nitrogens with zero attached hydrogens (tertiary/aromatic N) is 1. The second-order valence-corrected chi connectivity index (χ2v) is 4.05. The molecular formula is C11H14ClFN2O. The summed E-state index contributed by atoms with van der Waals surface area (Å²) < 4.78 is 13.1. The topological polar surface area (TPSA) is 32.3 Å². The Balaban J connectivity index is 2.43. The first-order valence-electron chi connectivity index (χ1n) is 4.85. The third-order valence-corrected chi connectivity index (χ3v) is 2.39. The van der Waals surface area contributed by atoms with Crippen molar-refractivity contribution in [3.8, 4) is 0 Å². The molecule has 0 atom stereocenters. The van der Waals surface area contributed by atoms with Crippen LogP contribution >= 0.6 is 11.6 Å². The molecule has 0 aliphatic heterocycles. The van der Waals surface area contributed by atoms with Gasteiger partial charge in [0, 0.05) is 20.6 Å². The van der Waals surface area contributed by atoms with Gasteiger partial charge in [0.25, 0.3) is 0 Å². The molecule has 0 aliphatic carbocycles. The summed E-state index contributed by atoms with van der Waals surface area (Å²) in [5, 5.41) is 3.03. The van der Waals surface area contributed by atoms with Crippen molar-refractivity contribution in [1.29, 1.82) is 0 Å². The summed E-state index contributed by atoms with van der Waals surface area (Å²) in [6.45, 7) is 0.672. The lowest BCUT2D eigenvalue weighted by atomic mass is 10.2. The van der Waals surface area contributed by atoms with Gasteiger partial charge in [-0.25, -0.2) is 4.39 Å². The molecule has 0 aliphatic rings. The third-order valence-electron chi connectivity index (χ3n) is 2.09. The zero-order valence-corrected chi connectivity index (χ0v) is 10.0. The lowest BCUT2D eigenvalue weighted by molar-refractivity contribution is -0.127. The van der Waals surface area contributed by atoms with Crippen LogP contribution in [0, 0.1) is 5.82 Å². The highest BCUT2D eigenvalue weighted by Gasteiger charge is 2.04. The van der Waals surface area contributed by atoms with Gasteiger partial charge in [-0.05, 0) is 17.7 Å². The first-order chi connectivity index (χ1) is 7.50. The molecule has 1 aromatic carbocycles. The van der Waals surface area contributed by atoms with Crippen LogP contribution in [-0.2, 0) is 11.3 Å². The van der Waals surface area contributed by atoms with Crippen molar-refractivity contribution < 1.29 is 9.18 Å². The van der Waals surface area contributed by atoms with Crippen LogP contribution in [0.15, 0.2) is 18.2 Å². The Morgan fingerprint density at radius 2 is 2.19 bits per heavy atom. The van der Waals surface area contributed by atoms with Crippen molar-refractivity contribution in [3.63, 3.8) is 0 Å². The van der Waals surface area contributed by atoms with E-state index in [2.05, 4.69) is 5.32 Å². The van der Waals surface area contributed by atoms with E-state index < -0.39 is 5.82 Å². The van der Waals surface area contributed by atoms with Crippen molar-refractivity contribution in [3.05, 3.63) is 34.6 Å². The average molecular weight is 245 g/mol. The van der Waals surface area contributed by atoms with E-state index in [0.29, 0.717) is 6.54 Å². The van der Waals surface area contributed by atoms with Crippen LogP contribution < -0.4 is 5.32 Å². The van der Waals surface area contributed by atoms with Crippen molar-refractivity contribution in [1.82, 2.24) is 10.2 Å². The molecule has 0 radical (unpaired) electrons. The quantitative estimate of drug-likeness (QED) is 0.874. The summed E-state index contributed by atoms with van der Waals surface area (Å²) in [5.41, 5.74) is 0.758. The van der Waals surface area contributed by atoms with Gasteiger partial charge in [-0.2, -0.15) is 0 Å². The number of carbonyl (C=O) groups excluding carboxylic acids is 1. The number of likely N-dealkylation sites (N-methyl/N-ethyl adjacent to an activating group) is 1. The summed E-state index contributed by atoms with van der Waals surface area (Å²) >= 11 is 5.55. The van der Waals surface area contributed by atoms with E-state index >= 15 is 0 Å². The van der Waals surface area contributed by atoms with Crippen molar-refractivity contribution in [2.75, 3.05) is 20.6 Å². The summed E-state index contributed by atoms with van der Waals surface area (Å²) in [6, 6.07) is 4.58. The summed E-state index contributed by atoms with van der Waals surface area (Å²) in [7, 11) is 3.37. The largest absolute Gasteiger partial charge is 0.348 e. The summed E-state index contributed by atoms with van der Waals surface area (Å²) in [6.07, 6.45) is 0. The Morgan fingerprint density at radius 1 is 1.50 bits per heavy atom. The number of benzene rings is 1. The Hall–Kier alpha value is -1.13. The van der Waals surface area contributed by atoms with E-state index in [1.165, 1.54) is 17.0 Å². The Labute approximate surface area is 99.2 Å². The maximum Gasteiger partial charge on any atom is 0.236 e. The molecule has 16 heavy (non-hydrogen) atoms. The van der Waals surface area contributed by atoms with Gasteiger partial charge in [-0.3, -0.25) is 4.79 Å². The number of carbonyl (C=O) groups is 1. The number of nitrogens with one attached hydrogen (secondary N) is 1. The molecule has 0 saturated heterocycles. The van der Waals surface area contributed by atoms with E-state index in [-0.39, 0.29) is 17.5 Å². The summed E-state index contributed by atoms with van der Waals surface area (Å²) in [4.78, 5) is 12.7. The van der Waals surface area contributed by atoms with E-state index in [1.54, 1.807) is 20.2 Å². The van der Waals surface area contributed by atoms with Crippen LogP contribution in [0.1, 0.15) is 5.56 Å². The second-order valence-electron chi connectivity index (χ2n) is 3.64. The average Bonchev–Trinajstić information content (AvgIpc) is 2.23. The smallest absolute Gasteiger partial charge is 0.236 e. The fourth-order valence-corrected chi connectivity index (χ4v) is 1.24. The molecule has 5 heteroatoms. The number of rotatable bonds is 4. The van der Waals surface area contributed by atoms with Gasteiger partial charge in [0.15, 0.2) is 0 Å². The number of amides is 1. The fraction of sp³-hybridized carbons (Fsp3) is 0.364. The summed E-state index contributed by atoms with van der Waals surface area (Å²) in [5.74, 6) is -0.464. The minimum Gasteiger partial charge on any atom is -0.348 e. The molecule has 3 nitrogen and oxygen atoms in total. The van der Waals surface area contributed by atoms with Gasteiger partial charge in [0.2, 0.25) is 5.91 Å². The normalized spacial score (nSPS) is 10.2. The highest BCUT2D eigenvalue weighted by Crippen LogP contribution is 2.15. The SMILES string of the molecule is CN(C)C(=O)CNCc1ccc(Cl)c(F)c1. The zero-order chi connectivity index (χ0) is 12.1. The monoisotopic (exact) mass is 244 g/mol. The number of halogens is 2. The molecule has 0 heterocycles. The molecule has 0 spiro atoms. The number of hydrogen-bond acceptors (Lipinski definition) is 2. The molecule has 0 fully saturated rings. The lowest BCUT2D eigenvalue weighted by Crippen LogP contribution is -2.32. The van der Waals surface area contributed by atoms with Gasteiger partial charge >= 0.3 is 0 Å². The van der Waals surface area contributed by atoms with Gasteiger partial charge in [-0.15, -0.1) is 0 Å². The molecule has 1 aromatic rings. The Morgan fingerprint density at radius 3 is 2.75 bits per heavy atom. The van der Waals surface area contributed by atoms with E-state index in [4.69, 9.17) is 11.6 Å². The molecule has 88 valence electrons. The van der Waals surface area contributed by atoms with Gasteiger partial charge in [-0.1, -0.05) is 17.7 Å². The third kappa shape index (κ3) is 3.79. The molecular weight excluding hydrogens is 231 g/mol. The van der Waals surface area contributed by atoms with E-state index in [0.717, 1.165) is 5.56 Å².